The fourth-order valence-corrected chi connectivity index (χ4v) is 3.62. The van der Waals surface area contributed by atoms with E-state index in [9.17, 15) is 4.79 Å². The van der Waals surface area contributed by atoms with E-state index in [1.54, 1.807) is 17.6 Å². The van der Waals surface area contributed by atoms with Gasteiger partial charge < -0.3 is 0 Å². The van der Waals surface area contributed by atoms with E-state index in [4.69, 9.17) is 0 Å². The molecule has 126 valence electrons. The maximum Gasteiger partial charge on any atom is 0.243 e. The van der Waals surface area contributed by atoms with Crippen LogP contribution in [-0.4, -0.2) is 12.1 Å². The van der Waals surface area contributed by atoms with Gasteiger partial charge in [-0.15, -0.1) is 11.3 Å². The van der Waals surface area contributed by atoms with Crippen LogP contribution in [0, 0.1) is 12.8 Å². The molecule has 24 heavy (non-hydrogen) atoms. The van der Waals surface area contributed by atoms with Gasteiger partial charge in [-0.25, -0.2) is 5.43 Å². The Morgan fingerprint density at radius 1 is 1.25 bits per heavy atom. The minimum atomic E-state index is 0.0188. The third-order valence-corrected chi connectivity index (χ3v) is 5.54. The van der Waals surface area contributed by atoms with Gasteiger partial charge in [0.05, 0.1) is 6.21 Å². The summed E-state index contributed by atoms with van der Waals surface area (Å²) in [7, 11) is 0. The predicted octanol–water partition coefficient (Wildman–Crippen LogP) is 4.61. The van der Waals surface area contributed by atoms with Crippen molar-refractivity contribution < 1.29 is 4.79 Å². The lowest BCUT2D eigenvalue weighted by Crippen LogP contribution is -2.20. The fourth-order valence-electron chi connectivity index (χ4n) is 2.84. The molecule has 2 unspecified atom stereocenters. The maximum atomic E-state index is 12.2. The summed E-state index contributed by atoms with van der Waals surface area (Å²) in [4.78, 5) is 13.3. The van der Waals surface area contributed by atoms with Crippen molar-refractivity contribution in [2.75, 3.05) is 0 Å². The van der Waals surface area contributed by atoms with Gasteiger partial charge in [0.2, 0.25) is 5.91 Å². The van der Waals surface area contributed by atoms with Gasteiger partial charge in [0.1, 0.15) is 0 Å². The van der Waals surface area contributed by atoms with E-state index in [0.29, 0.717) is 5.92 Å². The van der Waals surface area contributed by atoms with E-state index in [1.807, 2.05) is 18.4 Å². The molecule has 3 rings (SSSR count). The van der Waals surface area contributed by atoms with Crippen LogP contribution in [0.1, 0.15) is 54.7 Å². The van der Waals surface area contributed by atoms with E-state index in [2.05, 4.69) is 55.6 Å². The Kier molecular flexibility index (Phi) is 4.59. The van der Waals surface area contributed by atoms with Crippen LogP contribution in [0.2, 0.25) is 0 Å². The van der Waals surface area contributed by atoms with Crippen LogP contribution in [0.15, 0.2) is 40.8 Å². The molecule has 0 saturated heterocycles. The molecule has 3 nitrogen and oxygen atoms in total. The molecule has 0 spiro atoms. The average molecular weight is 340 g/mol. The standard InChI is InChI=1S/C20H24N2OS/c1-13-9-10-24-18(13)12-21-22-19(23)17-11-16(17)14-5-7-15(8-6-14)20(2,3)4/h5-10,12,16-17H,11H2,1-4H3,(H,22,23)/b21-12-. The number of nitrogens with zero attached hydrogens (tertiary/aromatic N) is 1. The van der Waals surface area contributed by atoms with Crippen molar-refractivity contribution in [1.29, 1.82) is 0 Å². The quantitative estimate of drug-likeness (QED) is 0.641. The molecular formula is C20H24N2OS. The summed E-state index contributed by atoms with van der Waals surface area (Å²) in [5.74, 6) is 0.398. The number of benzene rings is 1. The number of rotatable bonds is 4. The Balaban J connectivity index is 1.56. The second kappa shape index (κ2) is 6.52. The maximum absolute atomic E-state index is 12.2. The van der Waals surface area contributed by atoms with E-state index >= 15 is 0 Å². The molecule has 1 amide bonds. The van der Waals surface area contributed by atoms with Crippen molar-refractivity contribution in [2.45, 2.75) is 45.4 Å². The van der Waals surface area contributed by atoms with Crippen molar-refractivity contribution in [3.63, 3.8) is 0 Å². The van der Waals surface area contributed by atoms with Gasteiger partial charge in [-0.1, -0.05) is 45.0 Å². The minimum Gasteiger partial charge on any atom is -0.273 e. The Morgan fingerprint density at radius 3 is 2.54 bits per heavy atom. The minimum absolute atomic E-state index is 0.0188. The van der Waals surface area contributed by atoms with Crippen molar-refractivity contribution in [3.8, 4) is 0 Å². The molecule has 1 N–H and O–H groups in total. The third-order valence-electron chi connectivity index (χ3n) is 4.59. The van der Waals surface area contributed by atoms with Crippen LogP contribution in [0.5, 0.6) is 0 Å². The van der Waals surface area contributed by atoms with E-state index < -0.39 is 0 Å². The van der Waals surface area contributed by atoms with Gasteiger partial charge in [0, 0.05) is 10.8 Å². The van der Waals surface area contributed by atoms with Crippen LogP contribution in [0.4, 0.5) is 0 Å². The summed E-state index contributed by atoms with van der Waals surface area (Å²) in [5.41, 5.74) is 6.60. The summed E-state index contributed by atoms with van der Waals surface area (Å²) in [5, 5.41) is 6.12. The molecule has 0 bridgehead atoms. The number of nitrogens with one attached hydrogen (secondary N) is 1. The first-order chi connectivity index (χ1) is 11.4. The second-order valence-corrected chi connectivity index (χ2v) is 8.47. The van der Waals surface area contributed by atoms with Gasteiger partial charge in [0.15, 0.2) is 0 Å². The summed E-state index contributed by atoms with van der Waals surface area (Å²) >= 11 is 1.63. The average Bonchev–Trinajstić information content (AvgIpc) is 3.24. The number of aryl methyl sites for hydroxylation is 1. The lowest BCUT2D eigenvalue weighted by atomic mass is 9.86. The smallest absolute Gasteiger partial charge is 0.243 e. The number of thiophene rings is 1. The highest BCUT2D eigenvalue weighted by atomic mass is 32.1. The largest absolute Gasteiger partial charge is 0.273 e. The number of carbonyl (C=O) groups is 1. The zero-order valence-electron chi connectivity index (χ0n) is 14.7. The molecule has 0 radical (unpaired) electrons. The molecule has 1 saturated carbocycles. The zero-order chi connectivity index (χ0) is 17.3. The molecule has 1 aromatic carbocycles. The van der Waals surface area contributed by atoms with Crippen LogP contribution in [0.25, 0.3) is 0 Å². The first kappa shape index (κ1) is 16.9. The molecule has 2 atom stereocenters. The first-order valence-electron chi connectivity index (χ1n) is 8.33. The molecule has 1 heterocycles. The van der Waals surface area contributed by atoms with Gasteiger partial charge in [-0.05, 0) is 52.8 Å². The fraction of sp³-hybridized carbons (Fsp3) is 0.400. The number of hydrazone groups is 1. The van der Waals surface area contributed by atoms with Crippen LogP contribution in [-0.2, 0) is 10.2 Å². The number of hydrogen-bond donors (Lipinski definition) is 1. The van der Waals surface area contributed by atoms with Crippen LogP contribution in [0.3, 0.4) is 0 Å². The van der Waals surface area contributed by atoms with Gasteiger partial charge in [-0.3, -0.25) is 4.79 Å². The second-order valence-electron chi connectivity index (χ2n) is 7.52. The molecule has 1 fully saturated rings. The summed E-state index contributed by atoms with van der Waals surface area (Å²) < 4.78 is 0. The highest BCUT2D eigenvalue weighted by Crippen LogP contribution is 2.47. The van der Waals surface area contributed by atoms with E-state index in [-0.39, 0.29) is 17.2 Å². The summed E-state index contributed by atoms with van der Waals surface area (Å²) in [6.07, 6.45) is 2.64. The monoisotopic (exact) mass is 340 g/mol. The third kappa shape index (κ3) is 3.75. The Morgan fingerprint density at radius 2 is 1.96 bits per heavy atom. The van der Waals surface area contributed by atoms with Gasteiger partial charge in [0.25, 0.3) is 0 Å². The van der Waals surface area contributed by atoms with Crippen LogP contribution < -0.4 is 5.43 Å². The van der Waals surface area contributed by atoms with Crippen molar-refractivity contribution in [2.24, 2.45) is 11.0 Å². The lowest BCUT2D eigenvalue weighted by Gasteiger charge is -2.19. The van der Waals surface area contributed by atoms with Gasteiger partial charge in [-0.2, -0.15) is 5.10 Å². The predicted molar refractivity (Wildman–Crippen MR) is 101 cm³/mol. The molecule has 0 aliphatic heterocycles. The summed E-state index contributed by atoms with van der Waals surface area (Å²) in [6, 6.07) is 10.7. The number of carbonyl (C=O) groups excluding carboxylic acids is 1. The normalized spacial score (nSPS) is 20.3. The highest BCUT2D eigenvalue weighted by molar-refractivity contribution is 7.11. The lowest BCUT2D eigenvalue weighted by molar-refractivity contribution is -0.122. The number of hydrogen-bond acceptors (Lipinski definition) is 3. The molecule has 2 aromatic rings. The topological polar surface area (TPSA) is 41.5 Å². The Labute approximate surface area is 147 Å². The van der Waals surface area contributed by atoms with E-state index in [0.717, 1.165) is 11.3 Å². The zero-order valence-corrected chi connectivity index (χ0v) is 15.5. The van der Waals surface area contributed by atoms with Crippen molar-refractivity contribution >= 4 is 23.5 Å². The first-order valence-corrected chi connectivity index (χ1v) is 9.21. The number of amides is 1. The van der Waals surface area contributed by atoms with E-state index in [1.165, 1.54) is 16.7 Å². The molecule has 1 aromatic heterocycles. The highest BCUT2D eigenvalue weighted by Gasteiger charge is 2.43. The Bertz CT molecular complexity index is 753. The van der Waals surface area contributed by atoms with Crippen molar-refractivity contribution in [1.82, 2.24) is 5.43 Å². The molecular weight excluding hydrogens is 316 g/mol. The SMILES string of the molecule is Cc1ccsc1/C=N\NC(=O)C1CC1c1ccc(C(C)(C)C)cc1. The van der Waals surface area contributed by atoms with Crippen molar-refractivity contribution in [3.05, 3.63) is 57.3 Å². The molecule has 1 aliphatic carbocycles. The Hall–Kier alpha value is -1.94. The molecule has 4 heteroatoms. The summed E-state index contributed by atoms with van der Waals surface area (Å²) in [6.45, 7) is 8.67. The van der Waals surface area contributed by atoms with Gasteiger partial charge >= 0.3 is 0 Å². The van der Waals surface area contributed by atoms with Crippen LogP contribution >= 0.6 is 11.3 Å². The molecule has 1 aliphatic rings.